The second-order valence-corrected chi connectivity index (χ2v) is 8.02. The van der Waals surface area contributed by atoms with Crippen LogP contribution in [0.5, 0.6) is 0 Å². The van der Waals surface area contributed by atoms with Crippen LogP contribution in [0.4, 0.5) is 0 Å². The van der Waals surface area contributed by atoms with Gasteiger partial charge in [-0.15, -0.1) is 11.3 Å². The summed E-state index contributed by atoms with van der Waals surface area (Å²) < 4.78 is 28.8. The number of piperazine rings is 1. The fourth-order valence-electron chi connectivity index (χ4n) is 2.33. The van der Waals surface area contributed by atoms with E-state index in [-0.39, 0.29) is 6.04 Å². The molecule has 1 aliphatic rings. The van der Waals surface area contributed by atoms with Gasteiger partial charge >= 0.3 is 0 Å². The summed E-state index contributed by atoms with van der Waals surface area (Å²) in [6.07, 6.45) is 0. The van der Waals surface area contributed by atoms with Crippen LogP contribution in [0.1, 0.15) is 28.3 Å². The van der Waals surface area contributed by atoms with Crippen molar-refractivity contribution in [2.24, 2.45) is 0 Å². The third kappa shape index (κ3) is 3.55. The first-order valence-electron chi connectivity index (χ1n) is 6.45. The van der Waals surface area contributed by atoms with E-state index in [1.54, 1.807) is 11.3 Å². The van der Waals surface area contributed by atoms with Gasteiger partial charge in [0.2, 0.25) is 0 Å². The van der Waals surface area contributed by atoms with Crippen LogP contribution in [0.25, 0.3) is 0 Å². The SMILES string of the molecule is Cc1cc(C(C)NS(=O)(=O)N2CCNCC2)c(C)s1. The van der Waals surface area contributed by atoms with E-state index >= 15 is 0 Å². The van der Waals surface area contributed by atoms with Crippen LogP contribution in [0.3, 0.4) is 0 Å². The van der Waals surface area contributed by atoms with Crippen molar-refractivity contribution in [3.63, 3.8) is 0 Å². The van der Waals surface area contributed by atoms with E-state index < -0.39 is 10.2 Å². The zero-order valence-electron chi connectivity index (χ0n) is 11.6. The highest BCUT2D eigenvalue weighted by Gasteiger charge is 2.26. The van der Waals surface area contributed by atoms with Gasteiger partial charge in [0.25, 0.3) is 10.2 Å². The highest BCUT2D eigenvalue weighted by molar-refractivity contribution is 7.87. The van der Waals surface area contributed by atoms with Crippen LogP contribution in [0.2, 0.25) is 0 Å². The van der Waals surface area contributed by atoms with Gasteiger partial charge in [-0.05, 0) is 32.4 Å². The van der Waals surface area contributed by atoms with Gasteiger partial charge in [-0.2, -0.15) is 17.4 Å². The van der Waals surface area contributed by atoms with Gasteiger partial charge in [0.05, 0.1) is 0 Å². The molecule has 108 valence electrons. The number of aryl methyl sites for hydroxylation is 2. The van der Waals surface area contributed by atoms with Crippen LogP contribution in [0.15, 0.2) is 6.07 Å². The van der Waals surface area contributed by atoms with Crippen molar-refractivity contribution in [1.82, 2.24) is 14.3 Å². The molecule has 19 heavy (non-hydrogen) atoms. The summed E-state index contributed by atoms with van der Waals surface area (Å²) in [5.41, 5.74) is 1.07. The summed E-state index contributed by atoms with van der Waals surface area (Å²) in [5.74, 6) is 0. The summed E-state index contributed by atoms with van der Waals surface area (Å²) in [7, 11) is -3.39. The van der Waals surface area contributed by atoms with Gasteiger partial charge in [-0.25, -0.2) is 0 Å². The molecule has 1 aliphatic heterocycles. The van der Waals surface area contributed by atoms with E-state index in [4.69, 9.17) is 0 Å². The third-order valence-corrected chi connectivity index (χ3v) is 5.97. The highest BCUT2D eigenvalue weighted by atomic mass is 32.2. The molecule has 7 heteroatoms. The van der Waals surface area contributed by atoms with E-state index in [9.17, 15) is 8.42 Å². The molecule has 1 aromatic heterocycles. The molecule has 1 aromatic rings. The summed E-state index contributed by atoms with van der Waals surface area (Å²) in [6.45, 7) is 8.46. The van der Waals surface area contributed by atoms with Crippen molar-refractivity contribution in [2.75, 3.05) is 26.2 Å². The Labute approximate surface area is 119 Å². The van der Waals surface area contributed by atoms with Crippen LogP contribution >= 0.6 is 11.3 Å². The minimum absolute atomic E-state index is 0.190. The van der Waals surface area contributed by atoms with Gasteiger partial charge in [0, 0.05) is 42.0 Å². The molecule has 0 saturated carbocycles. The molecule has 2 rings (SSSR count). The summed E-state index contributed by atoms with van der Waals surface area (Å²) in [4.78, 5) is 2.38. The summed E-state index contributed by atoms with van der Waals surface area (Å²) >= 11 is 1.70. The number of hydrogen-bond acceptors (Lipinski definition) is 4. The standard InChI is InChI=1S/C12H21N3O2S2/c1-9-8-12(11(3)18-9)10(2)14-19(16,17)15-6-4-13-5-7-15/h8,10,13-14H,4-7H2,1-3H3. The lowest BCUT2D eigenvalue weighted by molar-refractivity contribution is 0.352. The van der Waals surface area contributed by atoms with Crippen molar-refractivity contribution < 1.29 is 8.42 Å². The van der Waals surface area contributed by atoms with Crippen molar-refractivity contribution in [3.8, 4) is 0 Å². The molecule has 2 heterocycles. The molecule has 1 atom stereocenters. The first-order valence-corrected chi connectivity index (χ1v) is 8.71. The maximum absolute atomic E-state index is 12.3. The van der Waals surface area contributed by atoms with Gasteiger partial charge in [-0.3, -0.25) is 0 Å². The van der Waals surface area contributed by atoms with Crippen molar-refractivity contribution in [3.05, 3.63) is 21.4 Å². The second-order valence-electron chi connectivity index (χ2n) is 4.86. The predicted molar refractivity (Wildman–Crippen MR) is 78.7 cm³/mol. The molecule has 0 aromatic carbocycles. The van der Waals surface area contributed by atoms with E-state index in [2.05, 4.69) is 16.1 Å². The van der Waals surface area contributed by atoms with Gasteiger partial charge in [0.1, 0.15) is 0 Å². The zero-order chi connectivity index (χ0) is 14.0. The topological polar surface area (TPSA) is 61.4 Å². The van der Waals surface area contributed by atoms with E-state index in [0.29, 0.717) is 26.2 Å². The smallest absolute Gasteiger partial charge is 0.280 e. The first kappa shape index (κ1) is 14.9. The monoisotopic (exact) mass is 303 g/mol. The van der Waals surface area contributed by atoms with Crippen LogP contribution in [-0.2, 0) is 10.2 Å². The van der Waals surface area contributed by atoms with Gasteiger partial charge < -0.3 is 5.32 Å². The molecule has 0 spiro atoms. The van der Waals surface area contributed by atoms with Crippen LogP contribution in [-0.4, -0.2) is 38.9 Å². The van der Waals surface area contributed by atoms with Crippen molar-refractivity contribution in [1.29, 1.82) is 0 Å². The summed E-state index contributed by atoms with van der Waals surface area (Å²) in [6, 6.07) is 1.87. The molecule has 2 N–H and O–H groups in total. The summed E-state index contributed by atoms with van der Waals surface area (Å²) in [5, 5.41) is 3.15. The largest absolute Gasteiger partial charge is 0.314 e. The molecule has 0 amide bonds. The molecule has 1 saturated heterocycles. The Kier molecular flexibility index (Phi) is 4.62. The molecule has 5 nitrogen and oxygen atoms in total. The lowest BCUT2D eigenvalue weighted by Gasteiger charge is -2.28. The quantitative estimate of drug-likeness (QED) is 0.877. The lowest BCUT2D eigenvalue weighted by atomic mass is 10.1. The maximum Gasteiger partial charge on any atom is 0.280 e. The molecule has 0 aliphatic carbocycles. The highest BCUT2D eigenvalue weighted by Crippen LogP contribution is 2.26. The van der Waals surface area contributed by atoms with E-state index in [0.717, 1.165) is 5.56 Å². The molecular formula is C12H21N3O2S2. The average Bonchev–Trinajstić information content (AvgIpc) is 2.69. The second kappa shape index (κ2) is 5.88. The maximum atomic E-state index is 12.3. The fraction of sp³-hybridized carbons (Fsp3) is 0.667. The van der Waals surface area contributed by atoms with Crippen molar-refractivity contribution >= 4 is 21.5 Å². The van der Waals surface area contributed by atoms with Crippen LogP contribution in [0, 0.1) is 13.8 Å². The Morgan fingerprint density at radius 1 is 1.37 bits per heavy atom. The Morgan fingerprint density at radius 3 is 2.53 bits per heavy atom. The Morgan fingerprint density at radius 2 is 2.00 bits per heavy atom. The number of rotatable bonds is 4. The number of nitrogens with one attached hydrogen (secondary N) is 2. The Hall–Kier alpha value is -0.470. The lowest BCUT2D eigenvalue weighted by Crippen LogP contribution is -2.50. The van der Waals surface area contributed by atoms with Crippen molar-refractivity contribution in [2.45, 2.75) is 26.8 Å². The van der Waals surface area contributed by atoms with E-state index in [1.807, 2.05) is 20.8 Å². The van der Waals surface area contributed by atoms with Gasteiger partial charge in [0.15, 0.2) is 0 Å². The fourth-order valence-corrected chi connectivity index (χ4v) is 4.73. The number of hydrogen-bond donors (Lipinski definition) is 2. The van der Waals surface area contributed by atoms with Crippen LogP contribution < -0.4 is 10.0 Å². The third-order valence-electron chi connectivity index (χ3n) is 3.29. The normalized spacial score (nSPS) is 19.5. The minimum Gasteiger partial charge on any atom is -0.314 e. The zero-order valence-corrected chi connectivity index (χ0v) is 13.2. The minimum atomic E-state index is -3.39. The van der Waals surface area contributed by atoms with E-state index in [1.165, 1.54) is 14.1 Å². The molecule has 0 radical (unpaired) electrons. The number of nitrogens with zero attached hydrogens (tertiary/aromatic N) is 1. The molecular weight excluding hydrogens is 282 g/mol. The number of thiophene rings is 1. The Balaban J connectivity index is 2.09. The molecule has 1 unspecified atom stereocenters. The van der Waals surface area contributed by atoms with Gasteiger partial charge in [-0.1, -0.05) is 0 Å². The molecule has 1 fully saturated rings. The Bertz CT molecular complexity index is 533. The predicted octanol–water partition coefficient (Wildman–Crippen LogP) is 1.17. The molecule has 0 bridgehead atoms. The first-order chi connectivity index (χ1) is 8.90. The average molecular weight is 303 g/mol.